The van der Waals surface area contributed by atoms with Crippen LogP contribution in [0.3, 0.4) is 0 Å². The molecule has 2 amide bonds. The first-order valence-corrected chi connectivity index (χ1v) is 7.87. The van der Waals surface area contributed by atoms with Gasteiger partial charge in [0, 0.05) is 11.3 Å². The van der Waals surface area contributed by atoms with Crippen LogP contribution >= 0.6 is 0 Å². The maximum atomic E-state index is 13.0. The molecule has 136 valence electrons. The summed E-state index contributed by atoms with van der Waals surface area (Å²) in [6, 6.07) is 4.85. The Bertz CT molecular complexity index is 724. The van der Waals surface area contributed by atoms with E-state index in [0.29, 0.717) is 17.0 Å². The van der Waals surface area contributed by atoms with Crippen molar-refractivity contribution in [2.75, 3.05) is 18.6 Å². The first kappa shape index (κ1) is 18.7. The topological polar surface area (TPSA) is 99.0 Å². The van der Waals surface area contributed by atoms with Crippen LogP contribution in [-0.4, -0.2) is 36.2 Å². The average Bonchev–Trinajstić information content (AvgIpc) is 2.72. The number of carbonyl (C=O) groups is 2. The van der Waals surface area contributed by atoms with Gasteiger partial charge in [-0.25, -0.2) is 9.69 Å². The van der Waals surface area contributed by atoms with E-state index in [0.717, 1.165) is 4.90 Å². The SMILES string of the molecule is COc1ccc2c(c1)C(C)(CC[N+](=O)[O-])C(=O)N2C(=O)OC(C)(C)C. The minimum absolute atomic E-state index is 0.0295. The lowest BCUT2D eigenvalue weighted by molar-refractivity contribution is -0.481. The van der Waals surface area contributed by atoms with Crippen molar-refractivity contribution in [3.05, 3.63) is 33.9 Å². The van der Waals surface area contributed by atoms with E-state index >= 15 is 0 Å². The molecule has 1 unspecified atom stereocenters. The van der Waals surface area contributed by atoms with E-state index in [4.69, 9.17) is 9.47 Å². The van der Waals surface area contributed by atoms with Crippen LogP contribution < -0.4 is 9.64 Å². The number of methoxy groups -OCH3 is 1. The summed E-state index contributed by atoms with van der Waals surface area (Å²) in [5.74, 6) is -0.0308. The molecule has 1 heterocycles. The Balaban J connectivity index is 2.50. The summed E-state index contributed by atoms with van der Waals surface area (Å²) in [7, 11) is 1.48. The molecule has 1 aromatic carbocycles. The largest absolute Gasteiger partial charge is 0.497 e. The zero-order valence-corrected chi connectivity index (χ0v) is 15.0. The minimum Gasteiger partial charge on any atom is -0.497 e. The fraction of sp³-hybridized carbons (Fsp3) is 0.529. The number of anilines is 1. The van der Waals surface area contributed by atoms with Crippen molar-refractivity contribution >= 4 is 17.7 Å². The van der Waals surface area contributed by atoms with Crippen LogP contribution in [0.15, 0.2) is 18.2 Å². The molecule has 1 aromatic rings. The van der Waals surface area contributed by atoms with Crippen molar-refractivity contribution in [1.29, 1.82) is 0 Å². The van der Waals surface area contributed by atoms with E-state index in [9.17, 15) is 19.7 Å². The lowest BCUT2D eigenvalue weighted by Crippen LogP contribution is -2.44. The molecule has 8 nitrogen and oxygen atoms in total. The minimum atomic E-state index is -1.20. The molecule has 0 bridgehead atoms. The van der Waals surface area contributed by atoms with Crippen molar-refractivity contribution in [2.45, 2.75) is 45.1 Å². The molecule has 0 saturated heterocycles. The van der Waals surface area contributed by atoms with E-state index < -0.39 is 27.9 Å². The van der Waals surface area contributed by atoms with Crippen LogP contribution in [-0.2, 0) is 14.9 Å². The van der Waals surface area contributed by atoms with Gasteiger partial charge >= 0.3 is 6.09 Å². The summed E-state index contributed by atoms with van der Waals surface area (Å²) < 4.78 is 10.5. The van der Waals surface area contributed by atoms with Gasteiger partial charge in [0.15, 0.2) is 0 Å². The van der Waals surface area contributed by atoms with Gasteiger partial charge in [0.1, 0.15) is 11.4 Å². The first-order valence-electron chi connectivity index (χ1n) is 7.87. The molecule has 0 aromatic heterocycles. The summed E-state index contributed by atoms with van der Waals surface area (Å²) in [6.45, 7) is 6.31. The van der Waals surface area contributed by atoms with Crippen LogP contribution in [0, 0.1) is 10.1 Å². The highest BCUT2D eigenvalue weighted by atomic mass is 16.6. The molecule has 0 radical (unpaired) electrons. The number of rotatable bonds is 4. The molecule has 1 aliphatic rings. The van der Waals surface area contributed by atoms with Crippen LogP contribution in [0.25, 0.3) is 0 Å². The van der Waals surface area contributed by atoms with Crippen LogP contribution in [0.2, 0.25) is 0 Å². The molecule has 2 rings (SSSR count). The van der Waals surface area contributed by atoms with Crippen molar-refractivity contribution < 1.29 is 24.0 Å². The van der Waals surface area contributed by atoms with Crippen molar-refractivity contribution in [1.82, 2.24) is 0 Å². The number of fused-ring (bicyclic) bond motifs is 1. The van der Waals surface area contributed by atoms with Crippen LogP contribution in [0.4, 0.5) is 10.5 Å². The molecule has 1 atom stereocenters. The standard InChI is InChI=1S/C17H22N2O6/c1-16(2,3)25-15(21)19-13-7-6-11(24-5)10-12(13)17(4,14(19)20)8-9-18(22)23/h6-7,10H,8-9H2,1-5H3. The maximum Gasteiger partial charge on any atom is 0.421 e. The van der Waals surface area contributed by atoms with E-state index in [1.165, 1.54) is 7.11 Å². The second-order valence-electron chi connectivity index (χ2n) is 7.14. The Morgan fingerprint density at radius 2 is 2.00 bits per heavy atom. The number of carbonyl (C=O) groups excluding carboxylic acids is 2. The zero-order valence-electron chi connectivity index (χ0n) is 15.0. The number of benzene rings is 1. The summed E-state index contributed by atoms with van der Waals surface area (Å²) in [5.41, 5.74) is -1.09. The molecule has 25 heavy (non-hydrogen) atoms. The molecule has 0 aliphatic carbocycles. The highest BCUT2D eigenvalue weighted by molar-refractivity contribution is 6.21. The Hall–Kier alpha value is -2.64. The Morgan fingerprint density at radius 1 is 1.36 bits per heavy atom. The monoisotopic (exact) mass is 350 g/mol. The van der Waals surface area contributed by atoms with Gasteiger partial charge in [0.05, 0.1) is 18.2 Å². The molecule has 0 fully saturated rings. The fourth-order valence-electron chi connectivity index (χ4n) is 2.80. The number of ether oxygens (including phenoxy) is 2. The smallest absolute Gasteiger partial charge is 0.421 e. The molecule has 0 saturated carbocycles. The quantitative estimate of drug-likeness (QED) is 0.611. The molecule has 1 aliphatic heterocycles. The van der Waals surface area contributed by atoms with Gasteiger partial charge in [-0.2, -0.15) is 0 Å². The fourth-order valence-corrected chi connectivity index (χ4v) is 2.80. The van der Waals surface area contributed by atoms with Crippen LogP contribution in [0.5, 0.6) is 5.75 Å². The Kier molecular flexibility index (Phi) is 4.74. The summed E-state index contributed by atoms with van der Waals surface area (Å²) in [4.78, 5) is 36.8. The number of hydrogen-bond acceptors (Lipinski definition) is 6. The number of nitrogens with zero attached hydrogens (tertiary/aromatic N) is 2. The number of hydrogen-bond donors (Lipinski definition) is 0. The number of imide groups is 1. The highest BCUT2D eigenvalue weighted by Gasteiger charge is 2.51. The molecule has 0 spiro atoms. The lowest BCUT2D eigenvalue weighted by atomic mass is 9.80. The normalized spacial score (nSPS) is 19.6. The third kappa shape index (κ3) is 3.57. The molecular weight excluding hydrogens is 328 g/mol. The second kappa shape index (κ2) is 6.34. The van der Waals surface area contributed by atoms with E-state index in [1.807, 2.05) is 0 Å². The van der Waals surface area contributed by atoms with Gasteiger partial charge in [-0.05, 0) is 51.5 Å². The number of nitro groups is 1. The molecular formula is C17H22N2O6. The molecule has 0 N–H and O–H groups in total. The Morgan fingerprint density at radius 3 is 2.52 bits per heavy atom. The maximum absolute atomic E-state index is 13.0. The van der Waals surface area contributed by atoms with Crippen molar-refractivity contribution in [2.24, 2.45) is 0 Å². The predicted molar refractivity (Wildman–Crippen MR) is 90.5 cm³/mol. The van der Waals surface area contributed by atoms with Gasteiger partial charge in [0.2, 0.25) is 12.5 Å². The van der Waals surface area contributed by atoms with E-state index in [2.05, 4.69) is 0 Å². The average molecular weight is 350 g/mol. The second-order valence-corrected chi connectivity index (χ2v) is 7.14. The Labute approximate surface area is 145 Å². The third-order valence-corrected chi connectivity index (χ3v) is 4.08. The van der Waals surface area contributed by atoms with E-state index in [-0.39, 0.29) is 13.0 Å². The highest BCUT2D eigenvalue weighted by Crippen LogP contribution is 2.45. The summed E-state index contributed by atoms with van der Waals surface area (Å²) >= 11 is 0. The zero-order chi connectivity index (χ0) is 19.0. The van der Waals surface area contributed by atoms with Crippen LogP contribution in [0.1, 0.15) is 39.7 Å². The van der Waals surface area contributed by atoms with Crippen molar-refractivity contribution in [3.8, 4) is 5.75 Å². The summed E-state index contributed by atoms with van der Waals surface area (Å²) in [6.07, 6.45) is -0.827. The van der Waals surface area contributed by atoms with Gasteiger partial charge in [-0.1, -0.05) is 0 Å². The van der Waals surface area contributed by atoms with E-state index in [1.54, 1.807) is 45.9 Å². The molecule has 8 heteroatoms. The first-order chi connectivity index (χ1) is 11.5. The van der Waals surface area contributed by atoms with Gasteiger partial charge < -0.3 is 9.47 Å². The summed E-state index contributed by atoms with van der Waals surface area (Å²) in [5, 5.41) is 10.8. The predicted octanol–water partition coefficient (Wildman–Crippen LogP) is 2.90. The number of amides is 2. The van der Waals surface area contributed by atoms with Gasteiger partial charge in [-0.15, -0.1) is 0 Å². The van der Waals surface area contributed by atoms with Crippen molar-refractivity contribution in [3.63, 3.8) is 0 Å². The third-order valence-electron chi connectivity index (χ3n) is 4.08. The van der Waals surface area contributed by atoms with Gasteiger partial charge in [-0.3, -0.25) is 14.9 Å². The lowest BCUT2D eigenvalue weighted by Gasteiger charge is -2.25. The van der Waals surface area contributed by atoms with Gasteiger partial charge in [0.25, 0.3) is 0 Å².